The molecule has 4 heteroatoms. The van der Waals surface area contributed by atoms with Crippen molar-refractivity contribution in [3.8, 4) is 0 Å². The Morgan fingerprint density at radius 3 is 2.47 bits per heavy atom. The Morgan fingerprint density at radius 1 is 1.26 bits per heavy atom. The summed E-state index contributed by atoms with van der Waals surface area (Å²) in [7, 11) is 0. The lowest BCUT2D eigenvalue weighted by Gasteiger charge is -2.41. The van der Waals surface area contributed by atoms with Crippen LogP contribution in [0.1, 0.15) is 18.4 Å². The van der Waals surface area contributed by atoms with Crippen LogP contribution in [0.5, 0.6) is 0 Å². The van der Waals surface area contributed by atoms with E-state index in [1.54, 1.807) is 17.7 Å². The Labute approximate surface area is 112 Å². The minimum atomic E-state index is -0.352. The van der Waals surface area contributed by atoms with Crippen molar-refractivity contribution in [2.45, 2.75) is 19.3 Å². The van der Waals surface area contributed by atoms with E-state index in [1.807, 2.05) is 12.1 Å². The van der Waals surface area contributed by atoms with Gasteiger partial charge >= 0.3 is 0 Å². The fraction of sp³-hybridized carbons (Fsp3) is 0.467. The summed E-state index contributed by atoms with van der Waals surface area (Å²) in [4.78, 5) is 12.8. The Bertz CT molecular complexity index is 499. The average molecular weight is 258 g/mol. The van der Waals surface area contributed by atoms with Crippen LogP contribution in [0.3, 0.4) is 0 Å². The third-order valence-corrected chi connectivity index (χ3v) is 4.27. The fourth-order valence-electron chi connectivity index (χ4n) is 3.08. The Kier molecular flexibility index (Phi) is 3.34. The topological polar surface area (TPSA) is 46.4 Å². The van der Waals surface area contributed by atoms with E-state index in [2.05, 4.69) is 11.0 Å². The maximum Gasteiger partial charge on any atom is 0.269 e. The van der Waals surface area contributed by atoms with Gasteiger partial charge < -0.3 is 0 Å². The van der Waals surface area contributed by atoms with Crippen molar-refractivity contribution in [3.63, 3.8) is 0 Å². The summed E-state index contributed by atoms with van der Waals surface area (Å²) in [5, 5.41) is 10.6. The van der Waals surface area contributed by atoms with Crippen molar-refractivity contribution in [3.05, 3.63) is 51.6 Å². The zero-order valence-electron chi connectivity index (χ0n) is 10.9. The van der Waals surface area contributed by atoms with Crippen LogP contribution in [-0.2, 0) is 6.42 Å². The van der Waals surface area contributed by atoms with Crippen LogP contribution in [0.15, 0.2) is 35.9 Å². The number of nitro groups is 1. The number of non-ortho nitro benzene ring substituents is 1. The summed E-state index contributed by atoms with van der Waals surface area (Å²) in [6.07, 6.45) is 5.81. The first-order valence-corrected chi connectivity index (χ1v) is 6.87. The lowest BCUT2D eigenvalue weighted by Crippen LogP contribution is -2.43. The molecule has 100 valence electrons. The minimum absolute atomic E-state index is 0.166. The second kappa shape index (κ2) is 5.13. The Morgan fingerprint density at radius 2 is 1.95 bits per heavy atom. The molecule has 4 rings (SSSR count). The lowest BCUT2D eigenvalue weighted by atomic mass is 9.83. The highest BCUT2D eigenvalue weighted by atomic mass is 16.6. The third-order valence-electron chi connectivity index (χ3n) is 4.27. The van der Waals surface area contributed by atoms with E-state index in [9.17, 15) is 10.1 Å². The molecule has 3 heterocycles. The molecule has 19 heavy (non-hydrogen) atoms. The number of nitro benzene ring substituents is 1. The number of nitrogens with zero attached hydrogens (tertiary/aromatic N) is 2. The van der Waals surface area contributed by atoms with Gasteiger partial charge in [-0.25, -0.2) is 0 Å². The first-order chi connectivity index (χ1) is 9.22. The van der Waals surface area contributed by atoms with Crippen LogP contribution in [-0.4, -0.2) is 29.5 Å². The first kappa shape index (κ1) is 12.4. The number of benzene rings is 1. The molecule has 3 aliphatic rings. The highest BCUT2D eigenvalue weighted by molar-refractivity contribution is 5.34. The summed E-state index contributed by atoms with van der Waals surface area (Å²) < 4.78 is 0. The number of piperidine rings is 3. The zero-order chi connectivity index (χ0) is 13.2. The molecule has 0 atom stereocenters. The maximum absolute atomic E-state index is 10.6. The lowest BCUT2D eigenvalue weighted by molar-refractivity contribution is -0.384. The molecule has 0 radical (unpaired) electrons. The van der Waals surface area contributed by atoms with E-state index in [0.29, 0.717) is 0 Å². The van der Waals surface area contributed by atoms with Crippen molar-refractivity contribution in [2.24, 2.45) is 5.92 Å². The molecule has 0 saturated carbocycles. The molecular formula is C15H18N2O2. The van der Waals surface area contributed by atoms with Gasteiger partial charge in [0, 0.05) is 18.7 Å². The van der Waals surface area contributed by atoms with Crippen LogP contribution >= 0.6 is 0 Å². The number of fused-ring (bicyclic) bond motifs is 3. The molecule has 3 fully saturated rings. The molecule has 0 aliphatic carbocycles. The summed E-state index contributed by atoms with van der Waals surface area (Å²) in [5.74, 6) is 0.781. The largest absolute Gasteiger partial charge is 0.299 e. The fourth-order valence-corrected chi connectivity index (χ4v) is 3.08. The van der Waals surface area contributed by atoms with Crippen LogP contribution in [0.4, 0.5) is 5.69 Å². The van der Waals surface area contributed by atoms with Gasteiger partial charge in [-0.2, -0.15) is 0 Å². The summed E-state index contributed by atoms with van der Waals surface area (Å²) >= 11 is 0. The van der Waals surface area contributed by atoms with Crippen LogP contribution in [0, 0.1) is 16.0 Å². The van der Waals surface area contributed by atoms with Gasteiger partial charge in [0.1, 0.15) is 0 Å². The van der Waals surface area contributed by atoms with Crippen molar-refractivity contribution in [1.82, 2.24) is 4.90 Å². The van der Waals surface area contributed by atoms with Gasteiger partial charge in [0.15, 0.2) is 0 Å². The van der Waals surface area contributed by atoms with E-state index in [1.165, 1.54) is 25.9 Å². The van der Waals surface area contributed by atoms with Gasteiger partial charge in [-0.1, -0.05) is 23.8 Å². The molecule has 1 aromatic rings. The van der Waals surface area contributed by atoms with Crippen molar-refractivity contribution >= 4 is 5.69 Å². The molecule has 3 saturated heterocycles. The molecule has 4 nitrogen and oxygen atoms in total. The number of hydrogen-bond donors (Lipinski definition) is 0. The normalized spacial score (nSPS) is 27.7. The van der Waals surface area contributed by atoms with Gasteiger partial charge in [-0.15, -0.1) is 0 Å². The maximum atomic E-state index is 10.6. The minimum Gasteiger partial charge on any atom is -0.299 e. The van der Waals surface area contributed by atoms with Gasteiger partial charge in [-0.05, 0) is 43.8 Å². The summed E-state index contributed by atoms with van der Waals surface area (Å²) in [6.45, 7) is 3.62. The number of hydrogen-bond acceptors (Lipinski definition) is 3. The molecule has 0 unspecified atom stereocenters. The van der Waals surface area contributed by atoms with Gasteiger partial charge in [0.25, 0.3) is 5.69 Å². The standard InChI is InChI=1S/C15H18N2O2/c18-17(19)15-5-2-12(3-6-15)1-4-14-11-16-9-7-13(14)8-10-16/h2-6,13H,1,7-11H2. The van der Waals surface area contributed by atoms with E-state index in [4.69, 9.17) is 0 Å². The molecule has 2 bridgehead atoms. The Hall–Kier alpha value is -1.68. The monoisotopic (exact) mass is 258 g/mol. The molecule has 0 aromatic heterocycles. The van der Waals surface area contributed by atoms with Crippen molar-refractivity contribution in [2.75, 3.05) is 19.6 Å². The first-order valence-electron chi connectivity index (χ1n) is 6.87. The highest BCUT2D eigenvalue weighted by Gasteiger charge is 2.28. The second-order valence-electron chi connectivity index (χ2n) is 5.46. The SMILES string of the molecule is O=[N+]([O-])c1ccc(CC=C2CN3CCC2CC3)cc1. The highest BCUT2D eigenvalue weighted by Crippen LogP contribution is 2.31. The van der Waals surface area contributed by atoms with Gasteiger partial charge in [0.2, 0.25) is 0 Å². The van der Waals surface area contributed by atoms with Gasteiger partial charge in [0.05, 0.1) is 4.92 Å². The second-order valence-corrected chi connectivity index (χ2v) is 5.46. The van der Waals surface area contributed by atoms with E-state index in [-0.39, 0.29) is 10.6 Å². The smallest absolute Gasteiger partial charge is 0.269 e. The predicted octanol–water partition coefficient (Wildman–Crippen LogP) is 2.79. The quantitative estimate of drug-likeness (QED) is 0.476. The zero-order valence-corrected chi connectivity index (χ0v) is 10.9. The predicted molar refractivity (Wildman–Crippen MR) is 74.0 cm³/mol. The molecular weight excluding hydrogens is 240 g/mol. The van der Waals surface area contributed by atoms with Crippen LogP contribution in [0.25, 0.3) is 0 Å². The van der Waals surface area contributed by atoms with E-state index < -0.39 is 0 Å². The van der Waals surface area contributed by atoms with E-state index >= 15 is 0 Å². The van der Waals surface area contributed by atoms with Crippen LogP contribution < -0.4 is 0 Å². The van der Waals surface area contributed by atoms with E-state index in [0.717, 1.165) is 24.4 Å². The molecule has 1 aromatic carbocycles. The molecule has 3 aliphatic heterocycles. The van der Waals surface area contributed by atoms with Crippen molar-refractivity contribution < 1.29 is 4.92 Å². The number of rotatable bonds is 3. The van der Waals surface area contributed by atoms with Crippen LogP contribution in [0.2, 0.25) is 0 Å². The molecule has 0 N–H and O–H groups in total. The molecule has 0 spiro atoms. The molecule has 0 amide bonds. The number of allylic oxidation sites excluding steroid dienone is 1. The third kappa shape index (κ3) is 2.68. The van der Waals surface area contributed by atoms with Crippen molar-refractivity contribution in [1.29, 1.82) is 0 Å². The Balaban J connectivity index is 1.67. The summed E-state index contributed by atoms with van der Waals surface area (Å²) in [6, 6.07) is 6.89. The summed E-state index contributed by atoms with van der Waals surface area (Å²) in [5.41, 5.74) is 2.88. The average Bonchev–Trinajstić information content (AvgIpc) is 2.47. The van der Waals surface area contributed by atoms with Gasteiger partial charge in [-0.3, -0.25) is 15.0 Å².